The molecule has 3 aliphatic rings. The van der Waals surface area contributed by atoms with E-state index in [1.54, 1.807) is 0 Å². The van der Waals surface area contributed by atoms with Gasteiger partial charge in [-0.05, 0) is 0 Å². The summed E-state index contributed by atoms with van der Waals surface area (Å²) in [5.41, 5.74) is 0. The Hall–Kier alpha value is -5.90. The van der Waals surface area contributed by atoms with Crippen LogP contribution in [0.25, 0.3) is 0 Å². The van der Waals surface area contributed by atoms with Gasteiger partial charge in [0, 0.05) is 101 Å². The molecule has 0 unspecified atom stereocenters. The lowest BCUT2D eigenvalue weighted by atomic mass is 9.87. The molecular formula is C47H68N2O28S2. The Labute approximate surface area is 461 Å². The second-order valence-electron chi connectivity index (χ2n) is 17.7. The van der Waals surface area contributed by atoms with Gasteiger partial charge in [-0.3, -0.25) is 52.7 Å². The van der Waals surface area contributed by atoms with Gasteiger partial charge >= 0.3 is 59.7 Å². The SMILES string of the molecule is COC(=O)[C@@]1(O)O[C@@H]([C@H](OC(C)=O)[C@@H](COC(C)=O)OC(C)=O)[C@H](NC(C)=O)[C@@H](OC(C)=O)[C@H]1SCCSC[C@H]1O[C@@H](O[C@@H]2[C@H](OC(C)=O)[C@@H](NC(C)=O)[C@H](OC)O[C@@H]2COC(C)=O)[C@H](OC(C)=O)[C@@H](OC(C)=O)[C@H]1OC(C)=O. The minimum atomic E-state index is -3.15. The van der Waals surface area contributed by atoms with Crippen LogP contribution in [0.5, 0.6) is 0 Å². The molecule has 3 rings (SSSR count). The molecule has 0 spiro atoms. The summed E-state index contributed by atoms with van der Waals surface area (Å²) in [6.07, 6.45) is -21.5. The van der Waals surface area contributed by atoms with Crippen LogP contribution in [-0.2, 0) is 129 Å². The van der Waals surface area contributed by atoms with E-state index >= 15 is 0 Å². The van der Waals surface area contributed by atoms with Gasteiger partial charge in [0.25, 0.3) is 5.79 Å². The fourth-order valence-electron chi connectivity index (χ4n) is 8.63. The molecule has 3 aliphatic heterocycles. The summed E-state index contributed by atoms with van der Waals surface area (Å²) in [6.45, 7) is 9.96. The zero-order valence-electron chi connectivity index (χ0n) is 45.6. The number of aliphatic hydroxyl groups is 1. The molecule has 0 bridgehead atoms. The van der Waals surface area contributed by atoms with Crippen LogP contribution in [0.3, 0.4) is 0 Å². The Morgan fingerprint density at radius 3 is 1.56 bits per heavy atom. The van der Waals surface area contributed by atoms with Crippen LogP contribution >= 0.6 is 23.5 Å². The first-order valence-corrected chi connectivity index (χ1v) is 26.3. The summed E-state index contributed by atoms with van der Waals surface area (Å²) in [4.78, 5) is 152. The minimum absolute atomic E-state index is 0.0114. The van der Waals surface area contributed by atoms with Crippen LogP contribution in [0.2, 0.25) is 0 Å². The van der Waals surface area contributed by atoms with Crippen molar-refractivity contribution < 1.29 is 134 Å². The van der Waals surface area contributed by atoms with Gasteiger partial charge in [-0.1, -0.05) is 0 Å². The summed E-state index contributed by atoms with van der Waals surface area (Å²) >= 11 is 1.79. The summed E-state index contributed by atoms with van der Waals surface area (Å²) in [5.74, 6) is -14.8. The third-order valence-electron chi connectivity index (χ3n) is 11.2. The number of hydrogen-bond donors (Lipinski definition) is 3. The van der Waals surface area contributed by atoms with Crippen molar-refractivity contribution in [3.63, 3.8) is 0 Å². The normalized spacial score (nSPS) is 30.0. The molecule has 3 saturated heterocycles. The van der Waals surface area contributed by atoms with E-state index in [-0.39, 0.29) is 17.3 Å². The largest absolute Gasteiger partial charge is 0.465 e. The van der Waals surface area contributed by atoms with Crippen LogP contribution in [0.1, 0.15) is 76.2 Å². The van der Waals surface area contributed by atoms with E-state index in [4.69, 9.17) is 71.1 Å². The fourth-order valence-corrected chi connectivity index (χ4v) is 11.2. The average Bonchev–Trinajstić information content (AvgIpc) is 3.41. The highest BCUT2D eigenvalue weighted by Gasteiger charge is 2.64. The molecule has 0 radical (unpaired) electrons. The lowest BCUT2D eigenvalue weighted by molar-refractivity contribution is -0.344. The molecule has 446 valence electrons. The highest BCUT2D eigenvalue weighted by molar-refractivity contribution is 8.03. The van der Waals surface area contributed by atoms with Crippen molar-refractivity contribution in [1.82, 2.24) is 10.6 Å². The van der Waals surface area contributed by atoms with Crippen molar-refractivity contribution in [1.29, 1.82) is 0 Å². The quantitative estimate of drug-likeness (QED) is 0.0517. The summed E-state index contributed by atoms with van der Waals surface area (Å²) in [5, 5.41) is 15.7. The number of methoxy groups -OCH3 is 2. The van der Waals surface area contributed by atoms with Crippen LogP contribution in [0.15, 0.2) is 0 Å². The van der Waals surface area contributed by atoms with Crippen molar-refractivity contribution in [3.8, 4) is 0 Å². The van der Waals surface area contributed by atoms with Gasteiger partial charge in [-0.15, -0.1) is 11.8 Å². The number of carbonyl (C=O) groups excluding carboxylic acids is 12. The lowest BCUT2D eigenvalue weighted by Gasteiger charge is -2.50. The van der Waals surface area contributed by atoms with E-state index in [9.17, 15) is 62.6 Å². The second-order valence-corrected chi connectivity index (χ2v) is 20.1. The standard InChI is InChI=1S/C47H68N2O28S2/c1-19(50)48-33-39(36(68-24(6)55)30(67-23(5)54)16-65-21(3)52)77-47(62,46(61)64-13)43(40(33)71-27(9)58)79-15-14-78-18-32-37(69-25(7)56)41(72-28(10)59)42(73-29(11)60)45(75-32)76-35-31(17-66-22(4)53)74-44(63-12)34(49-20(2)51)38(35)70-26(8)57/h30-45,62H,14-18H2,1-13H3,(H,48,50)(H,49,51)/t30-,31-,32-,33+,34-,35+,36-,37+,38-,39-,40-,41+,42-,43-,44-,45+,47+/m1/s1. The number of thioether (sulfide) groups is 2. The third-order valence-corrected chi connectivity index (χ3v) is 13.9. The van der Waals surface area contributed by atoms with Crippen molar-refractivity contribution in [2.24, 2.45) is 0 Å². The highest BCUT2D eigenvalue weighted by atomic mass is 32.2. The van der Waals surface area contributed by atoms with Gasteiger partial charge in [0.05, 0.1) is 13.2 Å². The number of amides is 2. The molecule has 0 aromatic heterocycles. The predicted octanol–water partition coefficient (Wildman–Crippen LogP) is -1.78. The Morgan fingerprint density at radius 1 is 0.544 bits per heavy atom. The van der Waals surface area contributed by atoms with Crippen LogP contribution in [0.4, 0.5) is 0 Å². The van der Waals surface area contributed by atoms with Gasteiger partial charge in [0.2, 0.25) is 11.8 Å². The molecular weight excluding hydrogens is 1100 g/mol. The monoisotopic (exact) mass is 1170 g/mol. The maximum atomic E-state index is 13.7. The Bertz CT molecular complexity index is 2220. The Morgan fingerprint density at radius 2 is 1.05 bits per heavy atom. The fraction of sp³-hybridized carbons (Fsp3) is 0.745. The number of nitrogens with one attached hydrogen (secondary N) is 2. The molecule has 3 N–H and O–H groups in total. The number of rotatable bonds is 25. The van der Waals surface area contributed by atoms with Crippen molar-refractivity contribution in [2.45, 2.75) is 179 Å². The summed E-state index contributed by atoms with van der Waals surface area (Å²) < 4.78 is 84.9. The van der Waals surface area contributed by atoms with Crippen LogP contribution in [0, 0.1) is 0 Å². The maximum absolute atomic E-state index is 13.7. The van der Waals surface area contributed by atoms with E-state index in [0.29, 0.717) is 0 Å². The molecule has 17 atom stereocenters. The molecule has 3 fully saturated rings. The first-order chi connectivity index (χ1) is 36.9. The molecule has 0 saturated carbocycles. The maximum Gasteiger partial charge on any atom is 0.367 e. The number of hydrogen-bond acceptors (Lipinski definition) is 30. The predicted molar refractivity (Wildman–Crippen MR) is 262 cm³/mol. The first kappa shape index (κ1) is 67.4. The van der Waals surface area contributed by atoms with E-state index < -0.39 is 188 Å². The van der Waals surface area contributed by atoms with Gasteiger partial charge in [-0.25, -0.2) is 4.79 Å². The molecule has 0 aromatic rings. The van der Waals surface area contributed by atoms with Crippen molar-refractivity contribution >= 4 is 95.0 Å². The number of esters is 10. The van der Waals surface area contributed by atoms with E-state index in [1.165, 1.54) is 7.11 Å². The molecule has 79 heavy (non-hydrogen) atoms. The van der Waals surface area contributed by atoms with E-state index in [2.05, 4.69) is 10.6 Å². The molecule has 30 nitrogen and oxygen atoms in total. The van der Waals surface area contributed by atoms with Crippen molar-refractivity contribution in [3.05, 3.63) is 0 Å². The van der Waals surface area contributed by atoms with Crippen LogP contribution < -0.4 is 10.6 Å². The Balaban J connectivity index is 2.14. The third kappa shape index (κ3) is 20.0. The van der Waals surface area contributed by atoms with E-state index in [0.717, 1.165) is 107 Å². The van der Waals surface area contributed by atoms with Crippen LogP contribution in [-0.4, -0.2) is 224 Å². The van der Waals surface area contributed by atoms with E-state index in [1.807, 2.05) is 0 Å². The van der Waals surface area contributed by atoms with Crippen molar-refractivity contribution in [2.75, 3.05) is 44.7 Å². The van der Waals surface area contributed by atoms with Gasteiger partial charge in [0.15, 0.2) is 49.2 Å². The second kappa shape index (κ2) is 31.2. The number of carbonyl (C=O) groups is 12. The molecule has 0 aromatic carbocycles. The topological polar surface area (TPSA) is 388 Å². The minimum Gasteiger partial charge on any atom is -0.465 e. The van der Waals surface area contributed by atoms with Gasteiger partial charge < -0.3 is 86.8 Å². The van der Waals surface area contributed by atoms with Gasteiger partial charge in [-0.2, -0.15) is 11.8 Å². The molecule has 32 heteroatoms. The first-order valence-electron chi connectivity index (χ1n) is 24.1. The summed E-state index contributed by atoms with van der Waals surface area (Å²) in [7, 11) is 2.10. The zero-order valence-corrected chi connectivity index (χ0v) is 47.2. The Kier molecular flexibility index (Phi) is 26.6. The molecule has 2 amide bonds. The smallest absolute Gasteiger partial charge is 0.367 e. The number of ether oxygens (including phenoxy) is 15. The summed E-state index contributed by atoms with van der Waals surface area (Å²) in [6, 6.07) is -2.96. The average molecular weight is 1170 g/mol. The zero-order chi connectivity index (χ0) is 59.6. The van der Waals surface area contributed by atoms with Gasteiger partial charge in [0.1, 0.15) is 55.0 Å². The highest BCUT2D eigenvalue weighted by Crippen LogP contribution is 2.42. The molecule has 3 heterocycles. The molecule has 0 aliphatic carbocycles. The lowest BCUT2D eigenvalue weighted by Crippen LogP contribution is -2.74.